The van der Waals surface area contributed by atoms with Gasteiger partial charge in [-0.2, -0.15) is 0 Å². The number of hydrogen-bond donors (Lipinski definition) is 0. The highest BCUT2D eigenvalue weighted by Crippen LogP contribution is 2.57. The average molecular weight is 136 g/mol. The van der Waals surface area contributed by atoms with Gasteiger partial charge < -0.3 is 0 Å². The van der Waals surface area contributed by atoms with Crippen LogP contribution in [-0.4, -0.2) is 0 Å². The topological polar surface area (TPSA) is 0 Å². The normalized spacial score (nSPS) is 57.6. The van der Waals surface area contributed by atoms with E-state index in [1.807, 2.05) is 0 Å². The second-order valence-corrected chi connectivity index (χ2v) is 4.68. The van der Waals surface area contributed by atoms with Crippen molar-refractivity contribution in [1.82, 2.24) is 0 Å². The monoisotopic (exact) mass is 136 g/mol. The smallest absolute Gasteiger partial charge is 0.0380 e. The Labute approximate surface area is 63.0 Å². The van der Waals surface area contributed by atoms with Crippen LogP contribution in [0, 0.1) is 23.7 Å². The van der Waals surface area contributed by atoms with Gasteiger partial charge in [-0.05, 0) is 42.9 Å². The summed E-state index contributed by atoms with van der Waals surface area (Å²) in [6, 6.07) is 0. The van der Waals surface area contributed by atoms with Crippen molar-refractivity contribution in [2.24, 2.45) is 23.7 Å². The summed E-state index contributed by atoms with van der Waals surface area (Å²) in [4.78, 5) is 0. The number of hydrogen-bond acceptors (Lipinski definition) is 0. The van der Waals surface area contributed by atoms with Crippen LogP contribution in [0.3, 0.4) is 0 Å². The fourth-order valence-corrected chi connectivity index (χ4v) is 3.86. The summed E-state index contributed by atoms with van der Waals surface area (Å²) in [5, 5.41) is 0. The van der Waals surface area contributed by atoms with Crippen LogP contribution in [0.1, 0.15) is 38.5 Å². The van der Waals surface area contributed by atoms with Crippen molar-refractivity contribution in [2.75, 3.05) is 0 Å². The molecule has 0 radical (unpaired) electrons. The van der Waals surface area contributed by atoms with Gasteiger partial charge in [0, 0.05) is 0 Å². The molecule has 4 fully saturated rings. The van der Waals surface area contributed by atoms with Crippen LogP contribution < -0.4 is 0 Å². The zero-order chi connectivity index (χ0) is 6.55. The molecule has 0 aromatic carbocycles. The lowest BCUT2D eigenvalue weighted by atomic mass is 9.84. The van der Waals surface area contributed by atoms with Crippen molar-refractivity contribution in [2.45, 2.75) is 38.5 Å². The maximum absolute atomic E-state index is 1.62. The third kappa shape index (κ3) is 0.580. The van der Waals surface area contributed by atoms with E-state index in [0.29, 0.717) is 0 Å². The van der Waals surface area contributed by atoms with Crippen molar-refractivity contribution >= 4 is 0 Å². The van der Waals surface area contributed by atoms with Crippen LogP contribution in [0.4, 0.5) is 0 Å². The van der Waals surface area contributed by atoms with Crippen molar-refractivity contribution < 1.29 is 0 Å². The van der Waals surface area contributed by atoms with Gasteiger partial charge in [0.25, 0.3) is 0 Å². The van der Waals surface area contributed by atoms with Gasteiger partial charge in [-0.3, -0.25) is 0 Å². The molecule has 0 aromatic heterocycles. The predicted octanol–water partition coefficient (Wildman–Crippen LogP) is 2.83. The Morgan fingerprint density at radius 3 is 1.60 bits per heavy atom. The van der Waals surface area contributed by atoms with E-state index >= 15 is 0 Å². The first-order chi connectivity index (χ1) is 4.93. The van der Waals surface area contributed by atoms with Gasteiger partial charge in [0.2, 0.25) is 0 Å². The molecule has 4 atom stereocenters. The quantitative estimate of drug-likeness (QED) is 0.480. The first-order valence-electron chi connectivity index (χ1n) is 4.93. The minimum absolute atomic E-state index is 1.18. The summed E-state index contributed by atoms with van der Waals surface area (Å²) in [7, 11) is 0. The van der Waals surface area contributed by atoms with Crippen molar-refractivity contribution in [1.29, 1.82) is 0 Å². The second kappa shape index (κ2) is 1.78. The molecule has 10 heavy (non-hydrogen) atoms. The Kier molecular flexibility index (Phi) is 1.00. The lowest BCUT2D eigenvalue weighted by Crippen LogP contribution is -2.12. The molecule has 0 nitrogen and oxygen atoms in total. The Hall–Kier alpha value is 0. The number of rotatable bonds is 0. The van der Waals surface area contributed by atoms with E-state index < -0.39 is 0 Å². The van der Waals surface area contributed by atoms with E-state index in [1.165, 1.54) is 23.7 Å². The van der Waals surface area contributed by atoms with Crippen molar-refractivity contribution in [3.05, 3.63) is 0 Å². The highest BCUT2D eigenvalue weighted by Gasteiger charge is 2.46. The molecule has 4 saturated carbocycles. The highest BCUT2D eigenvalue weighted by molar-refractivity contribution is 4.97. The summed E-state index contributed by atoms with van der Waals surface area (Å²) < 4.78 is 0. The van der Waals surface area contributed by atoms with Crippen LogP contribution in [0.2, 0.25) is 0 Å². The van der Waals surface area contributed by atoms with E-state index in [0.717, 1.165) is 0 Å². The van der Waals surface area contributed by atoms with Gasteiger partial charge in [0.05, 0.1) is 0 Å². The van der Waals surface area contributed by atoms with Crippen LogP contribution >= 0.6 is 0 Å². The maximum Gasteiger partial charge on any atom is -0.0380 e. The second-order valence-electron chi connectivity index (χ2n) is 4.68. The average Bonchev–Trinajstić information content (AvgIpc) is 2.35. The standard InChI is InChI=1S/C10H16/c1-2-7-4-10-6-9(7)5-8(10)3-1/h7-10H,1-6H2/t7-,8-,9+,10+/m0/s1. The summed E-state index contributed by atoms with van der Waals surface area (Å²) in [5.41, 5.74) is 0. The van der Waals surface area contributed by atoms with Crippen LogP contribution in [0.5, 0.6) is 0 Å². The van der Waals surface area contributed by atoms with Gasteiger partial charge in [0.15, 0.2) is 0 Å². The van der Waals surface area contributed by atoms with Gasteiger partial charge in [0.1, 0.15) is 0 Å². The molecule has 4 aliphatic carbocycles. The Morgan fingerprint density at radius 1 is 0.600 bits per heavy atom. The zero-order valence-electron chi connectivity index (χ0n) is 6.55. The lowest BCUT2D eigenvalue weighted by molar-refractivity contribution is 0.288. The predicted molar refractivity (Wildman–Crippen MR) is 41.7 cm³/mol. The van der Waals surface area contributed by atoms with Gasteiger partial charge in [-0.25, -0.2) is 0 Å². The molecular formula is C10H16. The van der Waals surface area contributed by atoms with Crippen molar-refractivity contribution in [3.8, 4) is 0 Å². The molecule has 0 heteroatoms. The number of fused-ring (bicyclic) bond motifs is 2. The minimum Gasteiger partial charge on any atom is -0.0528 e. The van der Waals surface area contributed by atoms with Crippen LogP contribution in [0.15, 0.2) is 0 Å². The minimum atomic E-state index is 1.18. The molecule has 0 heterocycles. The summed E-state index contributed by atoms with van der Waals surface area (Å²) in [5.74, 6) is 4.75. The molecule has 4 aliphatic rings. The molecule has 0 N–H and O–H groups in total. The fourth-order valence-electron chi connectivity index (χ4n) is 3.86. The third-order valence-electron chi connectivity index (χ3n) is 4.30. The van der Waals surface area contributed by atoms with Crippen LogP contribution in [-0.2, 0) is 0 Å². The summed E-state index contributed by atoms with van der Waals surface area (Å²) in [6.45, 7) is 0. The fraction of sp³-hybridized carbons (Fsp3) is 1.00. The molecule has 4 bridgehead atoms. The maximum atomic E-state index is 1.62. The first kappa shape index (κ1) is 5.62. The molecule has 4 rings (SSSR count). The van der Waals surface area contributed by atoms with E-state index in [9.17, 15) is 0 Å². The van der Waals surface area contributed by atoms with E-state index in [-0.39, 0.29) is 0 Å². The molecular weight excluding hydrogens is 120 g/mol. The highest BCUT2D eigenvalue weighted by atomic mass is 14.5. The lowest BCUT2D eigenvalue weighted by Gasteiger charge is -2.21. The van der Waals surface area contributed by atoms with E-state index in [1.54, 1.807) is 38.5 Å². The molecule has 56 valence electrons. The molecule has 0 spiro atoms. The zero-order valence-corrected chi connectivity index (χ0v) is 6.55. The molecule has 0 aromatic rings. The Morgan fingerprint density at radius 2 is 1.10 bits per heavy atom. The van der Waals surface area contributed by atoms with E-state index in [2.05, 4.69) is 0 Å². The summed E-state index contributed by atoms with van der Waals surface area (Å²) in [6.07, 6.45) is 9.58. The SMILES string of the molecule is C1C[C@H]2C[C@@H]3C[C@H]2C[C@@H]3C1. The Balaban J connectivity index is 1.96. The molecule has 0 aliphatic heterocycles. The van der Waals surface area contributed by atoms with Gasteiger partial charge >= 0.3 is 0 Å². The summed E-state index contributed by atoms with van der Waals surface area (Å²) >= 11 is 0. The van der Waals surface area contributed by atoms with Gasteiger partial charge in [-0.1, -0.05) is 19.3 Å². The van der Waals surface area contributed by atoms with E-state index in [4.69, 9.17) is 0 Å². The largest absolute Gasteiger partial charge is 0.0528 e. The third-order valence-corrected chi connectivity index (χ3v) is 4.30. The molecule has 0 unspecified atom stereocenters. The Bertz CT molecular complexity index is 130. The first-order valence-corrected chi connectivity index (χ1v) is 4.93. The van der Waals surface area contributed by atoms with Crippen LogP contribution in [0.25, 0.3) is 0 Å². The van der Waals surface area contributed by atoms with Crippen molar-refractivity contribution in [3.63, 3.8) is 0 Å². The van der Waals surface area contributed by atoms with Gasteiger partial charge in [-0.15, -0.1) is 0 Å². The molecule has 0 amide bonds. The molecule has 0 saturated heterocycles.